The fraction of sp³-hybridized carbons (Fsp3) is 0.212. The van der Waals surface area contributed by atoms with Gasteiger partial charge in [-0.3, -0.25) is 5.41 Å². The van der Waals surface area contributed by atoms with Gasteiger partial charge in [0.1, 0.15) is 16.5 Å². The van der Waals surface area contributed by atoms with Crippen molar-refractivity contribution in [2.45, 2.75) is 40.2 Å². The van der Waals surface area contributed by atoms with Crippen LogP contribution < -0.4 is 32.6 Å². The van der Waals surface area contributed by atoms with Crippen molar-refractivity contribution in [2.24, 2.45) is 22.2 Å². The van der Waals surface area contributed by atoms with Crippen molar-refractivity contribution in [1.82, 2.24) is 5.32 Å². The van der Waals surface area contributed by atoms with Crippen LogP contribution in [-0.2, 0) is 9.84 Å². The number of aryl methyl sites for hydroxylation is 1. The summed E-state index contributed by atoms with van der Waals surface area (Å²) in [5.41, 5.74) is 19.0. The highest BCUT2D eigenvalue weighted by atomic mass is 32.2. The van der Waals surface area contributed by atoms with Crippen molar-refractivity contribution in [3.8, 4) is 16.9 Å². The normalized spacial score (nSPS) is 11.1. The molecule has 0 aliphatic rings. The first-order chi connectivity index (χ1) is 23.3. The number of rotatable bonds is 15. The van der Waals surface area contributed by atoms with Gasteiger partial charge in [0.15, 0.2) is 5.96 Å². The number of amides is 2. The number of nitrogens with two attached hydrogens (primary N) is 3. The van der Waals surface area contributed by atoms with Crippen molar-refractivity contribution in [3.63, 3.8) is 0 Å². The number of guanidine groups is 1. The zero-order chi connectivity index (χ0) is 35.7. The summed E-state index contributed by atoms with van der Waals surface area (Å²) in [6.45, 7) is 2.46. The monoisotopic (exact) mass is 723 g/mol. The van der Waals surface area contributed by atoms with Crippen molar-refractivity contribution in [2.75, 3.05) is 24.7 Å². The molecule has 0 bridgehead atoms. The van der Waals surface area contributed by atoms with Gasteiger partial charge >= 0.3 is 12.0 Å². The first-order valence-electron chi connectivity index (χ1n) is 14.9. The average molecular weight is 724 g/mol. The van der Waals surface area contributed by atoms with E-state index in [0.29, 0.717) is 46.1 Å². The molecule has 3 aromatic carbocycles. The van der Waals surface area contributed by atoms with Gasteiger partial charge in [-0.2, -0.15) is 0 Å². The molecule has 0 atom stereocenters. The minimum absolute atomic E-state index is 0.00588. The van der Waals surface area contributed by atoms with Gasteiger partial charge in [-0.25, -0.2) is 23.0 Å². The molecule has 0 fully saturated rings. The van der Waals surface area contributed by atoms with E-state index in [4.69, 9.17) is 32.5 Å². The van der Waals surface area contributed by atoms with Gasteiger partial charge in [0.05, 0.1) is 37.5 Å². The number of ether oxygens (including phenoxy) is 1. The number of aromatic carboxylic acids is 1. The lowest BCUT2D eigenvalue weighted by molar-refractivity contribution is 0.0696. The lowest BCUT2D eigenvalue weighted by Gasteiger charge is -2.21. The minimum Gasteiger partial charge on any atom is -0.494 e. The fourth-order valence-electron chi connectivity index (χ4n) is 4.95. The highest BCUT2D eigenvalue weighted by molar-refractivity contribution is 8.01. The lowest BCUT2D eigenvalue weighted by atomic mass is 9.97. The van der Waals surface area contributed by atoms with E-state index in [2.05, 4.69) is 15.6 Å². The number of nitrogens with one attached hydrogen (secondary N) is 3. The Labute approximate surface area is 292 Å². The molecule has 49 heavy (non-hydrogen) atoms. The maximum absolute atomic E-state index is 14.6. The van der Waals surface area contributed by atoms with Crippen molar-refractivity contribution in [1.29, 1.82) is 5.41 Å². The molecule has 16 heteroatoms. The molecular formula is C33H37N7O6S3. The number of thioether (sulfide) groups is 1. The van der Waals surface area contributed by atoms with E-state index >= 15 is 0 Å². The molecule has 2 amide bonds. The number of aliphatic imine (C=N–C) groups is 1. The molecule has 1 aromatic heterocycles. The molecule has 258 valence electrons. The third kappa shape index (κ3) is 9.10. The Morgan fingerprint density at radius 2 is 1.71 bits per heavy atom. The largest absolute Gasteiger partial charge is 0.494 e. The summed E-state index contributed by atoms with van der Waals surface area (Å²) in [6.07, 6.45) is 3.73. The van der Waals surface area contributed by atoms with E-state index in [1.165, 1.54) is 30.0 Å². The summed E-state index contributed by atoms with van der Waals surface area (Å²) in [6, 6.07) is 17.4. The summed E-state index contributed by atoms with van der Waals surface area (Å²) in [7, 11) is -4.43. The van der Waals surface area contributed by atoms with E-state index in [0.717, 1.165) is 17.8 Å². The molecule has 0 saturated heterocycles. The van der Waals surface area contributed by atoms with Crippen LogP contribution in [0.2, 0.25) is 0 Å². The molecule has 13 nitrogen and oxygen atoms in total. The third-order valence-corrected chi connectivity index (χ3v) is 11.6. The number of thiophene rings is 1. The second kappa shape index (κ2) is 16.4. The number of carbonyl (C=O) groups is 2. The maximum Gasteiger partial charge on any atom is 0.335 e. The van der Waals surface area contributed by atoms with Gasteiger partial charge in [-0.1, -0.05) is 30.3 Å². The number of nitrogens with zero attached hydrogens (tertiary/aromatic N) is 1. The average Bonchev–Trinajstić information content (AvgIpc) is 3.51. The summed E-state index contributed by atoms with van der Waals surface area (Å²) >= 11 is 2.26. The number of carbonyl (C=O) groups excluding carboxylic acids is 1. The zero-order valence-corrected chi connectivity index (χ0v) is 29.2. The van der Waals surface area contributed by atoms with Gasteiger partial charge in [-0.05, 0) is 80.0 Å². The van der Waals surface area contributed by atoms with Crippen LogP contribution in [0.3, 0.4) is 0 Å². The van der Waals surface area contributed by atoms with E-state index in [-0.39, 0.29) is 49.9 Å². The molecule has 4 rings (SSSR count). The maximum atomic E-state index is 14.6. The minimum atomic E-state index is -4.43. The van der Waals surface area contributed by atoms with Gasteiger partial charge in [-0.15, -0.1) is 23.1 Å². The molecule has 1 heterocycles. The number of unbranched alkanes of at least 4 members (excludes halogenated alkanes) is 2. The molecular weight excluding hydrogens is 687 g/mol. The molecule has 0 aliphatic carbocycles. The molecule has 10 N–H and O–H groups in total. The van der Waals surface area contributed by atoms with Gasteiger partial charge in [0.2, 0.25) is 9.84 Å². The van der Waals surface area contributed by atoms with E-state index in [9.17, 15) is 18.0 Å². The van der Waals surface area contributed by atoms with Crippen LogP contribution in [0.25, 0.3) is 11.1 Å². The van der Waals surface area contributed by atoms with E-state index in [1.807, 2.05) is 6.07 Å². The van der Waals surface area contributed by atoms with Gasteiger partial charge in [0.25, 0.3) is 0 Å². The van der Waals surface area contributed by atoms with Crippen LogP contribution in [0, 0.1) is 12.3 Å². The standard InChI is InChI=1S/C33H37N7O6S3/c1-19-17-23(39-32(36)37)28(49(44,45)25-18-24(29(34)35)48-31(25)47-2)27(26(19)20-9-5-3-6-10-20)40-33(43)38-15-7-4-8-16-46-22-13-11-21(12-14-22)30(41)42/h3,5-6,9-14,17-18H,4,7-8,15-16H2,1-2H3,(H3,34,35)(H,41,42)(H4,36,37,39)(H2,38,40,43). The van der Waals surface area contributed by atoms with Crippen LogP contribution in [-0.4, -0.2) is 56.7 Å². The topological polar surface area (TPSA) is 236 Å². The van der Waals surface area contributed by atoms with Crippen molar-refractivity contribution in [3.05, 3.63) is 82.7 Å². The Bertz CT molecular complexity index is 1980. The smallest absolute Gasteiger partial charge is 0.335 e. The van der Waals surface area contributed by atoms with Crippen LogP contribution in [0.4, 0.5) is 16.2 Å². The van der Waals surface area contributed by atoms with E-state index in [1.54, 1.807) is 55.6 Å². The zero-order valence-electron chi connectivity index (χ0n) is 26.8. The molecule has 0 radical (unpaired) electrons. The van der Waals surface area contributed by atoms with Gasteiger partial charge in [0, 0.05) is 12.1 Å². The molecule has 0 spiro atoms. The Hall–Kier alpha value is -5.06. The Balaban J connectivity index is 1.61. The third-order valence-electron chi connectivity index (χ3n) is 7.16. The van der Waals surface area contributed by atoms with Crippen LogP contribution in [0.15, 0.2) is 85.7 Å². The Morgan fingerprint density at radius 1 is 1.02 bits per heavy atom. The van der Waals surface area contributed by atoms with Crippen LogP contribution in [0.5, 0.6) is 5.75 Å². The summed E-state index contributed by atoms with van der Waals surface area (Å²) in [5, 5.41) is 22.5. The number of urea groups is 1. The van der Waals surface area contributed by atoms with Crippen molar-refractivity contribution < 1.29 is 27.9 Å². The number of nitrogen functional groups attached to an aromatic ring is 1. The quantitative estimate of drug-likeness (QED) is 0.0350. The molecule has 4 aromatic rings. The first kappa shape index (κ1) is 36.8. The van der Waals surface area contributed by atoms with Crippen LogP contribution in [0.1, 0.15) is 40.1 Å². The first-order valence-corrected chi connectivity index (χ1v) is 18.5. The SMILES string of the molecule is CSc1sc(C(=N)N)cc1S(=O)(=O)c1c(N=C(N)N)cc(C)c(-c2ccccc2)c1NC(=O)NCCCCCOc1ccc(C(=O)O)cc1. The highest BCUT2D eigenvalue weighted by Gasteiger charge is 2.33. The summed E-state index contributed by atoms with van der Waals surface area (Å²) in [5.74, 6) is -1.10. The number of anilines is 1. The second-order valence-electron chi connectivity index (χ2n) is 10.7. The predicted octanol–water partition coefficient (Wildman–Crippen LogP) is 5.54. The lowest BCUT2D eigenvalue weighted by Crippen LogP contribution is -2.30. The number of amidine groups is 1. The fourth-order valence-corrected chi connectivity index (χ4v) is 9.08. The number of hydrogen-bond acceptors (Lipinski definition) is 9. The number of carboxylic acid groups (broad SMARTS) is 1. The highest BCUT2D eigenvalue weighted by Crippen LogP contribution is 2.47. The Kier molecular flexibility index (Phi) is 12.3. The number of carboxylic acids is 1. The predicted molar refractivity (Wildman–Crippen MR) is 194 cm³/mol. The Morgan fingerprint density at radius 3 is 2.33 bits per heavy atom. The second-order valence-corrected chi connectivity index (χ2v) is 14.7. The number of benzene rings is 3. The van der Waals surface area contributed by atoms with E-state index < -0.39 is 21.8 Å². The molecule has 0 unspecified atom stereocenters. The molecule has 0 saturated carbocycles. The summed E-state index contributed by atoms with van der Waals surface area (Å²) in [4.78, 5) is 28.5. The van der Waals surface area contributed by atoms with Gasteiger partial charge < -0.3 is 37.7 Å². The number of sulfone groups is 1. The molecule has 0 aliphatic heterocycles. The number of hydrogen-bond donors (Lipinski definition) is 7. The summed E-state index contributed by atoms with van der Waals surface area (Å²) < 4.78 is 35.2. The van der Waals surface area contributed by atoms with Crippen molar-refractivity contribution >= 4 is 68.1 Å². The van der Waals surface area contributed by atoms with Crippen LogP contribution >= 0.6 is 23.1 Å².